The maximum absolute atomic E-state index is 5.21. The third-order valence-corrected chi connectivity index (χ3v) is 2.09. The highest BCUT2D eigenvalue weighted by Crippen LogP contribution is 1.98. The van der Waals surface area contributed by atoms with Crippen LogP contribution in [-0.2, 0) is 6.54 Å². The summed E-state index contributed by atoms with van der Waals surface area (Å²) < 4.78 is 5.21. The number of hydrogen-bond acceptors (Lipinski definition) is 3. The Morgan fingerprint density at radius 2 is 2.21 bits per heavy atom. The van der Waals surface area contributed by atoms with Crippen molar-refractivity contribution in [1.82, 2.24) is 10.2 Å². The second-order valence-electron chi connectivity index (χ2n) is 3.77. The minimum absolute atomic E-state index is 0.842. The van der Waals surface area contributed by atoms with Crippen molar-refractivity contribution in [3.8, 4) is 0 Å². The fourth-order valence-electron chi connectivity index (χ4n) is 1.30. The van der Waals surface area contributed by atoms with Gasteiger partial charge in [-0.05, 0) is 52.2 Å². The smallest absolute Gasteiger partial charge is 0.117 e. The third-order valence-electron chi connectivity index (χ3n) is 2.09. The highest BCUT2D eigenvalue weighted by Gasteiger charge is 1.94. The molecule has 0 unspecified atom stereocenters. The molecule has 1 aromatic heterocycles. The highest BCUT2D eigenvalue weighted by atomic mass is 16.3. The zero-order valence-electron chi connectivity index (χ0n) is 9.12. The zero-order valence-corrected chi connectivity index (χ0v) is 9.12. The topological polar surface area (TPSA) is 28.4 Å². The maximum atomic E-state index is 5.21. The summed E-state index contributed by atoms with van der Waals surface area (Å²) >= 11 is 0. The van der Waals surface area contributed by atoms with Gasteiger partial charge in [-0.25, -0.2) is 0 Å². The van der Waals surface area contributed by atoms with Gasteiger partial charge in [-0.1, -0.05) is 0 Å². The van der Waals surface area contributed by atoms with Gasteiger partial charge >= 0.3 is 0 Å². The molecule has 1 rings (SSSR count). The Morgan fingerprint density at radius 1 is 1.36 bits per heavy atom. The first-order valence-electron chi connectivity index (χ1n) is 5.17. The summed E-state index contributed by atoms with van der Waals surface area (Å²) in [5.41, 5.74) is 0. The molecule has 0 fully saturated rings. The lowest BCUT2D eigenvalue weighted by atomic mass is 10.3. The second-order valence-corrected chi connectivity index (χ2v) is 3.77. The van der Waals surface area contributed by atoms with Gasteiger partial charge in [0, 0.05) is 0 Å². The van der Waals surface area contributed by atoms with Crippen molar-refractivity contribution in [2.75, 3.05) is 27.2 Å². The van der Waals surface area contributed by atoms with Crippen LogP contribution >= 0.6 is 0 Å². The monoisotopic (exact) mass is 196 g/mol. The lowest BCUT2D eigenvalue weighted by molar-refractivity contribution is 0.390. The molecular weight excluding hydrogens is 176 g/mol. The minimum Gasteiger partial charge on any atom is -0.468 e. The van der Waals surface area contributed by atoms with E-state index in [1.807, 2.05) is 12.1 Å². The number of nitrogens with zero attached hydrogens (tertiary/aromatic N) is 1. The minimum atomic E-state index is 0.842. The molecule has 14 heavy (non-hydrogen) atoms. The van der Waals surface area contributed by atoms with Crippen LogP contribution < -0.4 is 5.32 Å². The van der Waals surface area contributed by atoms with Crippen molar-refractivity contribution < 1.29 is 4.42 Å². The molecule has 0 aliphatic carbocycles. The van der Waals surface area contributed by atoms with Gasteiger partial charge in [0.1, 0.15) is 5.76 Å². The molecule has 0 saturated heterocycles. The summed E-state index contributed by atoms with van der Waals surface area (Å²) in [6.45, 7) is 3.08. The van der Waals surface area contributed by atoms with Crippen molar-refractivity contribution in [3.05, 3.63) is 24.2 Å². The molecule has 3 nitrogen and oxygen atoms in total. The van der Waals surface area contributed by atoms with Crippen LogP contribution in [0.4, 0.5) is 0 Å². The molecule has 0 amide bonds. The van der Waals surface area contributed by atoms with Crippen molar-refractivity contribution in [1.29, 1.82) is 0 Å². The van der Waals surface area contributed by atoms with Crippen LogP contribution in [0.5, 0.6) is 0 Å². The zero-order chi connectivity index (χ0) is 10.2. The van der Waals surface area contributed by atoms with E-state index in [1.54, 1.807) is 6.26 Å². The van der Waals surface area contributed by atoms with E-state index in [0.717, 1.165) is 18.8 Å². The van der Waals surface area contributed by atoms with Gasteiger partial charge in [-0.15, -0.1) is 0 Å². The molecule has 0 bridgehead atoms. The fourth-order valence-corrected chi connectivity index (χ4v) is 1.30. The summed E-state index contributed by atoms with van der Waals surface area (Å²) in [5.74, 6) is 1.01. The average molecular weight is 196 g/mol. The predicted octanol–water partition coefficient (Wildman–Crippen LogP) is 1.71. The Bertz CT molecular complexity index is 219. The van der Waals surface area contributed by atoms with E-state index in [-0.39, 0.29) is 0 Å². The van der Waals surface area contributed by atoms with Crippen LogP contribution in [0.25, 0.3) is 0 Å². The molecule has 0 atom stereocenters. The number of hydrogen-bond donors (Lipinski definition) is 1. The molecular formula is C11H20N2O. The van der Waals surface area contributed by atoms with Crippen molar-refractivity contribution in [2.24, 2.45) is 0 Å². The Labute approximate surface area is 86.1 Å². The number of furan rings is 1. The maximum Gasteiger partial charge on any atom is 0.117 e. The van der Waals surface area contributed by atoms with Gasteiger partial charge < -0.3 is 14.6 Å². The molecule has 1 N–H and O–H groups in total. The Hall–Kier alpha value is -0.800. The molecule has 0 aliphatic rings. The molecule has 0 spiro atoms. The SMILES string of the molecule is CN(C)CCCCNCc1ccco1. The van der Waals surface area contributed by atoms with E-state index in [0.29, 0.717) is 0 Å². The predicted molar refractivity (Wildman–Crippen MR) is 58.2 cm³/mol. The first kappa shape index (κ1) is 11.3. The van der Waals surface area contributed by atoms with Crippen LogP contribution in [0.1, 0.15) is 18.6 Å². The number of unbranched alkanes of at least 4 members (excludes halogenated alkanes) is 1. The number of nitrogens with one attached hydrogen (secondary N) is 1. The summed E-state index contributed by atoms with van der Waals surface area (Å²) in [5, 5.41) is 3.35. The van der Waals surface area contributed by atoms with E-state index in [9.17, 15) is 0 Å². The van der Waals surface area contributed by atoms with Gasteiger partial charge in [0.15, 0.2) is 0 Å². The standard InChI is InChI=1S/C11H20N2O/c1-13(2)8-4-3-7-12-10-11-6-5-9-14-11/h5-6,9,12H,3-4,7-8,10H2,1-2H3. The van der Waals surface area contributed by atoms with E-state index >= 15 is 0 Å². The molecule has 0 aromatic carbocycles. The molecule has 0 radical (unpaired) electrons. The van der Waals surface area contributed by atoms with Crippen LogP contribution in [0.3, 0.4) is 0 Å². The summed E-state index contributed by atoms with van der Waals surface area (Å²) in [6.07, 6.45) is 4.18. The van der Waals surface area contributed by atoms with E-state index < -0.39 is 0 Å². The average Bonchev–Trinajstić information content (AvgIpc) is 2.63. The molecule has 1 heterocycles. The highest BCUT2D eigenvalue weighted by molar-refractivity contribution is 4.97. The lowest BCUT2D eigenvalue weighted by Gasteiger charge is -2.08. The summed E-state index contributed by atoms with van der Waals surface area (Å²) in [4.78, 5) is 2.21. The van der Waals surface area contributed by atoms with Gasteiger partial charge in [0.2, 0.25) is 0 Å². The van der Waals surface area contributed by atoms with E-state index in [2.05, 4.69) is 24.3 Å². The van der Waals surface area contributed by atoms with Crippen LogP contribution in [-0.4, -0.2) is 32.1 Å². The molecule has 0 saturated carbocycles. The second kappa shape index (κ2) is 6.62. The Balaban J connectivity index is 1.90. The molecule has 0 aliphatic heterocycles. The number of rotatable bonds is 7. The fraction of sp³-hybridized carbons (Fsp3) is 0.636. The Morgan fingerprint density at radius 3 is 2.86 bits per heavy atom. The van der Waals surface area contributed by atoms with Gasteiger partial charge in [0.25, 0.3) is 0 Å². The lowest BCUT2D eigenvalue weighted by Crippen LogP contribution is -2.17. The van der Waals surface area contributed by atoms with E-state index in [1.165, 1.54) is 19.4 Å². The summed E-state index contributed by atoms with van der Waals surface area (Å²) in [7, 11) is 4.21. The van der Waals surface area contributed by atoms with Gasteiger partial charge in [0.05, 0.1) is 12.8 Å². The molecule has 3 heteroatoms. The largest absolute Gasteiger partial charge is 0.468 e. The molecule has 80 valence electrons. The van der Waals surface area contributed by atoms with Gasteiger partial charge in [-0.3, -0.25) is 0 Å². The first-order chi connectivity index (χ1) is 6.79. The normalized spacial score (nSPS) is 11.1. The van der Waals surface area contributed by atoms with Crippen molar-refractivity contribution >= 4 is 0 Å². The van der Waals surface area contributed by atoms with Crippen molar-refractivity contribution in [2.45, 2.75) is 19.4 Å². The quantitative estimate of drug-likeness (QED) is 0.673. The summed E-state index contributed by atoms with van der Waals surface area (Å²) in [6, 6.07) is 3.91. The van der Waals surface area contributed by atoms with Crippen molar-refractivity contribution in [3.63, 3.8) is 0 Å². The Kier molecular flexibility index (Phi) is 5.33. The van der Waals surface area contributed by atoms with Crippen LogP contribution in [0.15, 0.2) is 22.8 Å². The van der Waals surface area contributed by atoms with Crippen LogP contribution in [0.2, 0.25) is 0 Å². The first-order valence-corrected chi connectivity index (χ1v) is 5.17. The molecule has 1 aromatic rings. The van der Waals surface area contributed by atoms with Gasteiger partial charge in [-0.2, -0.15) is 0 Å². The van der Waals surface area contributed by atoms with E-state index in [4.69, 9.17) is 4.42 Å². The third kappa shape index (κ3) is 5.04. The van der Waals surface area contributed by atoms with Crippen LogP contribution in [0, 0.1) is 0 Å².